The number of benzene rings is 2. The van der Waals surface area contributed by atoms with E-state index in [9.17, 15) is 5.84 Å². The van der Waals surface area contributed by atoms with Crippen LogP contribution in [0.3, 0.4) is 0 Å². The minimum absolute atomic E-state index is 0.989. The second kappa shape index (κ2) is 30.6. The number of rotatable bonds is 34. The molecular formula is C52H84N2. The molecule has 0 fully saturated rings. The van der Waals surface area contributed by atoms with Gasteiger partial charge in [-0.3, -0.25) is 0 Å². The van der Waals surface area contributed by atoms with Crippen LogP contribution < -0.4 is 0 Å². The van der Waals surface area contributed by atoms with E-state index in [1.165, 1.54) is 203 Å². The normalized spacial score (nSPS) is 13.8. The molecule has 1 heterocycles. The summed E-state index contributed by atoms with van der Waals surface area (Å²) in [6.45, 7) is 6.81. The highest BCUT2D eigenvalue weighted by atomic mass is 15.3. The lowest BCUT2D eigenvalue weighted by Crippen LogP contribution is -2.11. The largest absolute Gasteiger partial charge is 0.448 e. The highest BCUT2D eigenvalue weighted by Gasteiger charge is 2.28. The van der Waals surface area contributed by atoms with Crippen LogP contribution >= 0.6 is 0 Å². The van der Waals surface area contributed by atoms with Crippen LogP contribution in [0.2, 0.25) is 0 Å². The average molecular weight is 737 g/mol. The van der Waals surface area contributed by atoms with Gasteiger partial charge in [-0.25, -0.2) is 4.68 Å². The lowest BCUT2D eigenvalue weighted by atomic mass is 9.98. The van der Waals surface area contributed by atoms with E-state index in [0.29, 0.717) is 0 Å². The molecule has 0 amide bonds. The predicted octanol–water partition coefficient (Wildman–Crippen LogP) is 17.3. The van der Waals surface area contributed by atoms with Crippen molar-refractivity contribution in [3.05, 3.63) is 94.4 Å². The number of unbranched alkanes of at least 4 members (excludes halogenated alkanes) is 27. The first-order valence-corrected chi connectivity index (χ1v) is 23.7. The molecule has 2 aromatic rings. The summed E-state index contributed by atoms with van der Waals surface area (Å²) in [5.41, 5.74) is 8.30. The molecule has 54 heavy (non-hydrogen) atoms. The van der Waals surface area contributed by atoms with Crippen molar-refractivity contribution < 1.29 is 4.68 Å². The fourth-order valence-corrected chi connectivity index (χ4v) is 8.17. The van der Waals surface area contributed by atoms with Crippen LogP contribution in [0.1, 0.15) is 236 Å². The van der Waals surface area contributed by atoms with Crippen LogP contribution in [0.25, 0.3) is 11.5 Å². The summed E-state index contributed by atoms with van der Waals surface area (Å²) < 4.78 is 1.69. The highest BCUT2D eigenvalue weighted by Crippen LogP contribution is 2.30. The van der Waals surface area contributed by atoms with Gasteiger partial charge >= 0.3 is 0 Å². The number of aryl methyl sites for hydroxylation is 2. The first-order chi connectivity index (χ1) is 26.7. The first-order valence-electron chi connectivity index (χ1n) is 23.7. The molecule has 1 aliphatic heterocycles. The van der Waals surface area contributed by atoms with Crippen molar-refractivity contribution in [3.8, 4) is 0 Å². The molecule has 0 saturated carbocycles. The minimum Gasteiger partial charge on any atom is -0.448 e. The molecule has 0 spiro atoms. The summed E-state index contributed by atoms with van der Waals surface area (Å²) in [6, 6.07) is 18.0. The smallest absolute Gasteiger partial charge is 0.215 e. The zero-order chi connectivity index (χ0) is 38.3. The third kappa shape index (κ3) is 19.3. The number of allylic oxidation sites excluding steroid dienone is 3. The van der Waals surface area contributed by atoms with Gasteiger partial charge in [0.1, 0.15) is 0 Å². The monoisotopic (exact) mass is 737 g/mol. The molecule has 0 atom stereocenters. The van der Waals surface area contributed by atoms with Gasteiger partial charge in [-0.2, -0.15) is 0 Å². The van der Waals surface area contributed by atoms with Crippen molar-refractivity contribution >= 4 is 11.4 Å². The van der Waals surface area contributed by atoms with E-state index in [0.717, 1.165) is 41.8 Å². The maximum atomic E-state index is 9.21. The fraction of sp³-hybridized carbons (Fsp3) is 0.673. The number of hydrogen-bond donors (Lipinski definition) is 0. The Hall–Kier alpha value is -2.61. The van der Waals surface area contributed by atoms with Crippen LogP contribution in [0.15, 0.2) is 66.3 Å². The van der Waals surface area contributed by atoms with Crippen LogP contribution in [-0.2, 0) is 12.8 Å². The zero-order valence-corrected chi connectivity index (χ0v) is 35.8. The molecular weight excluding hydrogens is 653 g/mol. The van der Waals surface area contributed by atoms with Gasteiger partial charge in [-0.1, -0.05) is 218 Å². The lowest BCUT2D eigenvalue weighted by Gasteiger charge is -2.09. The van der Waals surface area contributed by atoms with Gasteiger partial charge in [0.05, 0.1) is 0 Å². The number of nitrogens with one attached hydrogen (secondary N) is 1. The summed E-state index contributed by atoms with van der Waals surface area (Å²) in [5, 5.41) is 0. The van der Waals surface area contributed by atoms with E-state index in [1.54, 1.807) is 4.68 Å². The van der Waals surface area contributed by atoms with Crippen LogP contribution in [0.5, 0.6) is 0 Å². The molecule has 1 aliphatic rings. The molecule has 2 heteroatoms. The Labute approximate surface area is 335 Å². The molecule has 1 N–H and O–H groups in total. The Balaban J connectivity index is 1.25. The molecule has 0 unspecified atom stereocenters. The molecule has 2 aromatic carbocycles. The molecule has 0 radical (unpaired) electrons. The quantitative estimate of drug-likeness (QED) is 0.0505. The molecule has 0 saturated heterocycles. The van der Waals surface area contributed by atoms with Crippen molar-refractivity contribution in [2.45, 2.75) is 226 Å². The predicted molar refractivity (Wildman–Crippen MR) is 241 cm³/mol. The van der Waals surface area contributed by atoms with Crippen LogP contribution in [0.4, 0.5) is 0 Å². The van der Waals surface area contributed by atoms with E-state index in [4.69, 9.17) is 0 Å². The average Bonchev–Trinajstić information content (AvgIpc) is 3.53. The second-order valence-corrected chi connectivity index (χ2v) is 16.7. The molecule has 2 nitrogen and oxygen atoms in total. The number of nitrogens with zero attached hydrogens (tertiary/aromatic N) is 1. The molecule has 0 bridgehead atoms. The Kier molecular flexibility index (Phi) is 25.9. The van der Waals surface area contributed by atoms with E-state index in [-0.39, 0.29) is 0 Å². The van der Waals surface area contributed by atoms with Gasteiger partial charge in [0.15, 0.2) is 0 Å². The zero-order valence-electron chi connectivity index (χ0n) is 35.8. The van der Waals surface area contributed by atoms with Crippen molar-refractivity contribution in [1.82, 2.24) is 0 Å². The van der Waals surface area contributed by atoms with Crippen LogP contribution in [0, 0.1) is 0 Å². The van der Waals surface area contributed by atoms with E-state index in [2.05, 4.69) is 81.5 Å². The first kappa shape index (κ1) is 45.8. The summed E-state index contributed by atoms with van der Waals surface area (Å²) in [7, 11) is 0. The number of hydrogen-bond acceptors (Lipinski definition) is 0. The molecule has 0 aliphatic carbocycles. The second-order valence-electron chi connectivity index (χ2n) is 16.7. The summed E-state index contributed by atoms with van der Waals surface area (Å²) in [4.78, 5) is 0. The van der Waals surface area contributed by atoms with Gasteiger partial charge in [0, 0.05) is 22.8 Å². The minimum atomic E-state index is 0.989. The lowest BCUT2D eigenvalue weighted by molar-refractivity contribution is -0.347. The van der Waals surface area contributed by atoms with Gasteiger partial charge in [-0.15, -0.1) is 0 Å². The summed E-state index contributed by atoms with van der Waals surface area (Å²) >= 11 is 0. The topological polar surface area (TPSA) is 26.8 Å². The van der Waals surface area contributed by atoms with Gasteiger partial charge in [-0.05, 0) is 73.9 Å². The molecule has 0 aromatic heterocycles. The van der Waals surface area contributed by atoms with Gasteiger partial charge in [0.2, 0.25) is 11.4 Å². The van der Waals surface area contributed by atoms with Crippen LogP contribution in [-0.4, -0.2) is 10.4 Å². The standard InChI is InChI=1S/C52H84N2/c1-4-7-10-11-12-13-14-15-16-17-18-19-20-21-22-23-24-25-26-27-28-29-30-31-32-33-36-50-45-51(48-41-37-46(38-42-48)34-8-5-2)54(53)52(50)49-43-39-47(40-44-49)35-9-6-3/h36-45,53H,4-35H2,1-3H3. The third-order valence-electron chi connectivity index (χ3n) is 11.8. The Morgan fingerprint density at radius 3 is 1.11 bits per heavy atom. The Bertz CT molecular complexity index is 1290. The van der Waals surface area contributed by atoms with Crippen molar-refractivity contribution in [2.24, 2.45) is 0 Å². The van der Waals surface area contributed by atoms with Gasteiger partial charge in [0.25, 0.3) is 0 Å². The maximum absolute atomic E-state index is 9.21. The van der Waals surface area contributed by atoms with E-state index >= 15 is 0 Å². The molecule has 3 rings (SSSR count). The highest BCUT2D eigenvalue weighted by molar-refractivity contribution is 6.14. The third-order valence-corrected chi connectivity index (χ3v) is 11.8. The maximum Gasteiger partial charge on any atom is 0.215 e. The Morgan fingerprint density at radius 1 is 0.407 bits per heavy atom. The molecule has 302 valence electrons. The van der Waals surface area contributed by atoms with E-state index < -0.39 is 0 Å². The Morgan fingerprint density at radius 2 is 0.741 bits per heavy atom. The van der Waals surface area contributed by atoms with Gasteiger partial charge < -0.3 is 5.84 Å². The van der Waals surface area contributed by atoms with E-state index in [1.807, 2.05) is 0 Å². The van der Waals surface area contributed by atoms with Crippen molar-refractivity contribution in [1.29, 1.82) is 0 Å². The van der Waals surface area contributed by atoms with Crippen molar-refractivity contribution in [3.63, 3.8) is 0 Å². The summed E-state index contributed by atoms with van der Waals surface area (Å²) in [5.74, 6) is 9.21. The fourth-order valence-electron chi connectivity index (χ4n) is 8.17. The SMILES string of the molecule is CCCCCCCCCCCCCCCCCCCCCCCCCCCC=C1C=C(c2ccc(CCCC)cc2)[N+]([NH-])=C1c1ccc(CCCC)cc1. The van der Waals surface area contributed by atoms with Crippen molar-refractivity contribution in [2.75, 3.05) is 0 Å². The summed E-state index contributed by atoms with van der Waals surface area (Å²) in [6.07, 6.45) is 48.7.